The maximum atomic E-state index is 12.4. The van der Waals surface area contributed by atoms with Crippen LogP contribution in [0.15, 0.2) is 18.2 Å². The largest absolute Gasteiger partial charge is 0.493 e. The third-order valence-corrected chi connectivity index (χ3v) is 4.32. The zero-order valence-electron chi connectivity index (χ0n) is 15.7. The van der Waals surface area contributed by atoms with Gasteiger partial charge >= 0.3 is 5.97 Å². The molecule has 7 nitrogen and oxygen atoms in total. The van der Waals surface area contributed by atoms with Crippen molar-refractivity contribution >= 4 is 11.9 Å². The van der Waals surface area contributed by atoms with Crippen molar-refractivity contribution in [2.45, 2.75) is 26.4 Å². The molecular formula is C19H28N2O5. The SMILES string of the molecule is Cc1ccc(OCCC(=O)N2CCO[C@H](CN(C)CC(=O)O)C2)c(C)c1. The molecule has 7 heteroatoms. The van der Waals surface area contributed by atoms with Crippen molar-refractivity contribution in [3.63, 3.8) is 0 Å². The highest BCUT2D eigenvalue weighted by Gasteiger charge is 2.25. The van der Waals surface area contributed by atoms with Gasteiger partial charge in [0.15, 0.2) is 0 Å². The fourth-order valence-corrected chi connectivity index (χ4v) is 3.07. The van der Waals surface area contributed by atoms with E-state index in [1.54, 1.807) is 16.8 Å². The van der Waals surface area contributed by atoms with E-state index in [9.17, 15) is 9.59 Å². The fourth-order valence-electron chi connectivity index (χ4n) is 3.07. The second kappa shape index (κ2) is 9.54. The zero-order valence-corrected chi connectivity index (χ0v) is 15.7. The number of ether oxygens (including phenoxy) is 2. The van der Waals surface area contributed by atoms with Crippen molar-refractivity contribution in [2.75, 3.05) is 46.4 Å². The Morgan fingerprint density at radius 2 is 2.15 bits per heavy atom. The van der Waals surface area contributed by atoms with Crippen LogP contribution in [0.2, 0.25) is 0 Å². The van der Waals surface area contributed by atoms with Crippen molar-refractivity contribution in [2.24, 2.45) is 0 Å². The van der Waals surface area contributed by atoms with E-state index in [4.69, 9.17) is 14.6 Å². The van der Waals surface area contributed by atoms with E-state index in [1.807, 2.05) is 26.0 Å². The molecule has 1 atom stereocenters. The Morgan fingerprint density at radius 3 is 2.85 bits per heavy atom. The third kappa shape index (κ3) is 6.31. The number of hydrogen-bond donors (Lipinski definition) is 1. The Labute approximate surface area is 154 Å². The molecule has 1 N–H and O–H groups in total. The summed E-state index contributed by atoms with van der Waals surface area (Å²) >= 11 is 0. The molecule has 0 radical (unpaired) electrons. The van der Waals surface area contributed by atoms with E-state index in [0.717, 1.165) is 11.3 Å². The lowest BCUT2D eigenvalue weighted by molar-refractivity contribution is -0.142. The van der Waals surface area contributed by atoms with Gasteiger partial charge in [-0.15, -0.1) is 0 Å². The molecule has 1 aromatic carbocycles. The number of carboxylic acid groups (broad SMARTS) is 1. The van der Waals surface area contributed by atoms with Gasteiger partial charge in [0.1, 0.15) is 5.75 Å². The minimum atomic E-state index is -0.875. The number of rotatable bonds is 8. The van der Waals surface area contributed by atoms with Gasteiger partial charge in [-0.25, -0.2) is 0 Å². The van der Waals surface area contributed by atoms with Crippen LogP contribution in [0, 0.1) is 13.8 Å². The summed E-state index contributed by atoms with van der Waals surface area (Å²) in [6, 6.07) is 5.97. The number of likely N-dealkylation sites (N-methyl/N-ethyl adjacent to an activating group) is 1. The van der Waals surface area contributed by atoms with Gasteiger partial charge in [-0.3, -0.25) is 14.5 Å². The van der Waals surface area contributed by atoms with E-state index in [1.165, 1.54) is 5.56 Å². The third-order valence-electron chi connectivity index (χ3n) is 4.32. The second-order valence-corrected chi connectivity index (χ2v) is 6.79. The summed E-state index contributed by atoms with van der Waals surface area (Å²) in [6.45, 7) is 6.30. The van der Waals surface area contributed by atoms with E-state index >= 15 is 0 Å². The molecule has 1 aromatic rings. The molecule has 1 fully saturated rings. The van der Waals surface area contributed by atoms with Crippen LogP contribution in [0.1, 0.15) is 17.5 Å². The Morgan fingerprint density at radius 1 is 1.38 bits per heavy atom. The Balaban J connectivity index is 1.76. The van der Waals surface area contributed by atoms with Crippen LogP contribution in [-0.2, 0) is 14.3 Å². The number of nitrogens with zero attached hydrogens (tertiary/aromatic N) is 2. The second-order valence-electron chi connectivity index (χ2n) is 6.79. The molecule has 144 valence electrons. The molecule has 26 heavy (non-hydrogen) atoms. The molecule has 2 rings (SSSR count). The molecule has 1 amide bonds. The summed E-state index contributed by atoms with van der Waals surface area (Å²) < 4.78 is 11.4. The number of morpholine rings is 1. The molecule has 0 spiro atoms. The predicted molar refractivity (Wildman–Crippen MR) is 97.5 cm³/mol. The monoisotopic (exact) mass is 364 g/mol. The highest BCUT2D eigenvalue weighted by molar-refractivity contribution is 5.76. The van der Waals surface area contributed by atoms with Gasteiger partial charge in [0, 0.05) is 19.6 Å². The lowest BCUT2D eigenvalue weighted by Crippen LogP contribution is -2.49. The average molecular weight is 364 g/mol. The molecule has 0 unspecified atom stereocenters. The Bertz CT molecular complexity index is 634. The Kier molecular flexibility index (Phi) is 7.41. The molecule has 0 aliphatic carbocycles. The van der Waals surface area contributed by atoms with Gasteiger partial charge in [0.05, 0.1) is 32.3 Å². The summed E-state index contributed by atoms with van der Waals surface area (Å²) in [5.41, 5.74) is 2.24. The fraction of sp³-hybridized carbons (Fsp3) is 0.579. The number of aryl methyl sites for hydroxylation is 2. The van der Waals surface area contributed by atoms with Gasteiger partial charge < -0.3 is 19.5 Å². The van der Waals surface area contributed by atoms with Gasteiger partial charge in [-0.2, -0.15) is 0 Å². The zero-order chi connectivity index (χ0) is 19.1. The Hall–Kier alpha value is -2.12. The van der Waals surface area contributed by atoms with Crippen LogP contribution in [0.3, 0.4) is 0 Å². The lowest BCUT2D eigenvalue weighted by Gasteiger charge is -2.34. The van der Waals surface area contributed by atoms with E-state index in [-0.39, 0.29) is 18.6 Å². The summed E-state index contributed by atoms with van der Waals surface area (Å²) in [7, 11) is 1.73. The minimum Gasteiger partial charge on any atom is -0.493 e. The predicted octanol–water partition coefficient (Wildman–Crippen LogP) is 1.32. The highest BCUT2D eigenvalue weighted by Crippen LogP contribution is 2.19. The first-order chi connectivity index (χ1) is 12.3. The van der Waals surface area contributed by atoms with Crippen molar-refractivity contribution in [1.29, 1.82) is 0 Å². The molecule has 0 aromatic heterocycles. The first-order valence-electron chi connectivity index (χ1n) is 8.85. The number of amides is 1. The van der Waals surface area contributed by atoms with Gasteiger partial charge in [0.25, 0.3) is 0 Å². The van der Waals surface area contributed by atoms with Crippen LogP contribution in [0.5, 0.6) is 5.75 Å². The number of hydrogen-bond acceptors (Lipinski definition) is 5. The van der Waals surface area contributed by atoms with Crippen molar-refractivity contribution in [1.82, 2.24) is 9.80 Å². The molecule has 1 saturated heterocycles. The van der Waals surface area contributed by atoms with Crippen LogP contribution >= 0.6 is 0 Å². The van der Waals surface area contributed by atoms with E-state index in [2.05, 4.69) is 6.07 Å². The standard InChI is InChI=1S/C19H28N2O5/c1-14-4-5-17(15(2)10-14)26-8-6-18(22)21-7-9-25-16(12-21)11-20(3)13-19(23)24/h4-5,10,16H,6-9,11-13H2,1-3H3,(H,23,24)/t16-/m1/s1. The first-order valence-corrected chi connectivity index (χ1v) is 8.85. The number of carbonyl (C=O) groups excluding carboxylic acids is 1. The first kappa shape index (κ1) is 20.2. The molecule has 0 saturated carbocycles. The van der Waals surface area contributed by atoms with E-state index < -0.39 is 5.97 Å². The summed E-state index contributed by atoms with van der Waals surface area (Å²) in [5.74, 6) is -0.0395. The number of benzene rings is 1. The van der Waals surface area contributed by atoms with Crippen LogP contribution in [0.25, 0.3) is 0 Å². The minimum absolute atomic E-state index is 0.0314. The molecular weight excluding hydrogens is 336 g/mol. The van der Waals surface area contributed by atoms with Crippen molar-refractivity contribution in [3.05, 3.63) is 29.3 Å². The average Bonchev–Trinajstić information content (AvgIpc) is 2.56. The molecule has 1 heterocycles. The quantitative estimate of drug-likeness (QED) is 0.749. The van der Waals surface area contributed by atoms with E-state index in [0.29, 0.717) is 39.3 Å². The topological polar surface area (TPSA) is 79.3 Å². The van der Waals surface area contributed by atoms with Crippen LogP contribution in [0.4, 0.5) is 0 Å². The smallest absolute Gasteiger partial charge is 0.317 e. The van der Waals surface area contributed by atoms with Gasteiger partial charge in [-0.1, -0.05) is 17.7 Å². The molecule has 0 bridgehead atoms. The van der Waals surface area contributed by atoms with Crippen LogP contribution in [-0.4, -0.2) is 79.3 Å². The van der Waals surface area contributed by atoms with Gasteiger partial charge in [-0.05, 0) is 32.5 Å². The number of carbonyl (C=O) groups is 2. The lowest BCUT2D eigenvalue weighted by atomic mass is 10.1. The normalized spacial score (nSPS) is 17.4. The maximum absolute atomic E-state index is 12.4. The molecule has 1 aliphatic heterocycles. The van der Waals surface area contributed by atoms with Crippen LogP contribution < -0.4 is 4.74 Å². The van der Waals surface area contributed by atoms with Crippen molar-refractivity contribution < 1.29 is 24.2 Å². The van der Waals surface area contributed by atoms with Gasteiger partial charge in [0.2, 0.25) is 5.91 Å². The highest BCUT2D eigenvalue weighted by atomic mass is 16.5. The summed E-state index contributed by atoms with van der Waals surface area (Å²) in [6.07, 6.45) is 0.141. The summed E-state index contributed by atoms with van der Waals surface area (Å²) in [5, 5.41) is 8.82. The summed E-state index contributed by atoms with van der Waals surface area (Å²) in [4.78, 5) is 26.6. The number of aliphatic carboxylic acids is 1. The number of carboxylic acids is 1. The maximum Gasteiger partial charge on any atom is 0.317 e. The molecule has 1 aliphatic rings. The van der Waals surface area contributed by atoms with Crippen molar-refractivity contribution in [3.8, 4) is 5.75 Å².